The molecule has 0 spiro atoms. The first-order chi connectivity index (χ1) is 9.70. The molecule has 20 heavy (non-hydrogen) atoms. The highest BCUT2D eigenvalue weighted by atomic mass is 14.5. The van der Waals surface area contributed by atoms with Crippen LogP contribution in [0, 0.1) is 11.3 Å². The molecule has 0 saturated heterocycles. The predicted molar refractivity (Wildman–Crippen MR) is 93.1 cm³/mol. The van der Waals surface area contributed by atoms with E-state index in [1.807, 2.05) is 0 Å². The molecule has 0 aromatic carbocycles. The van der Waals surface area contributed by atoms with Crippen LogP contribution in [0.2, 0.25) is 0 Å². The van der Waals surface area contributed by atoms with E-state index in [0.29, 0.717) is 5.41 Å². The summed E-state index contributed by atoms with van der Waals surface area (Å²) >= 11 is 0. The zero-order valence-electron chi connectivity index (χ0n) is 14.8. The summed E-state index contributed by atoms with van der Waals surface area (Å²) in [7, 11) is 0. The second-order valence-corrected chi connectivity index (χ2v) is 6.61. The smallest absolute Gasteiger partial charge is 0.00772 e. The molecule has 0 radical (unpaired) electrons. The van der Waals surface area contributed by atoms with Crippen LogP contribution in [0.15, 0.2) is 0 Å². The van der Waals surface area contributed by atoms with Gasteiger partial charge in [0, 0.05) is 0 Å². The standard InChI is InChI=1S/C19H41N/c1-5-9-10-11-12-13-15-18(16-14-17-20)19(6-2,7-3)8-4/h18H,5-17,20H2,1-4H3. The summed E-state index contributed by atoms with van der Waals surface area (Å²) in [6.45, 7) is 10.3. The topological polar surface area (TPSA) is 26.0 Å². The third-order valence-corrected chi connectivity index (χ3v) is 5.64. The Balaban J connectivity index is 4.25. The van der Waals surface area contributed by atoms with Crippen molar-refractivity contribution < 1.29 is 0 Å². The van der Waals surface area contributed by atoms with Gasteiger partial charge >= 0.3 is 0 Å². The summed E-state index contributed by atoms with van der Waals surface area (Å²) < 4.78 is 0. The zero-order valence-corrected chi connectivity index (χ0v) is 14.8. The summed E-state index contributed by atoms with van der Waals surface area (Å²) in [6, 6.07) is 0. The Morgan fingerprint density at radius 1 is 0.700 bits per heavy atom. The maximum atomic E-state index is 5.75. The quantitative estimate of drug-likeness (QED) is 0.371. The summed E-state index contributed by atoms with van der Waals surface area (Å²) in [6.07, 6.45) is 16.5. The number of unbranched alkanes of at least 4 members (excludes halogenated alkanes) is 5. The van der Waals surface area contributed by atoms with E-state index in [0.717, 1.165) is 12.5 Å². The van der Waals surface area contributed by atoms with E-state index < -0.39 is 0 Å². The number of hydrogen-bond acceptors (Lipinski definition) is 1. The molecule has 0 rings (SSSR count). The van der Waals surface area contributed by atoms with Crippen LogP contribution in [0.5, 0.6) is 0 Å². The van der Waals surface area contributed by atoms with Crippen molar-refractivity contribution in [3.05, 3.63) is 0 Å². The molecule has 0 aliphatic rings. The van der Waals surface area contributed by atoms with Crippen LogP contribution in [0.25, 0.3) is 0 Å². The zero-order chi connectivity index (χ0) is 15.3. The lowest BCUT2D eigenvalue weighted by molar-refractivity contribution is 0.113. The first-order valence-corrected chi connectivity index (χ1v) is 9.40. The molecule has 0 aromatic heterocycles. The van der Waals surface area contributed by atoms with Gasteiger partial charge in [0.05, 0.1) is 0 Å². The third kappa shape index (κ3) is 7.11. The Kier molecular flexibility index (Phi) is 12.7. The van der Waals surface area contributed by atoms with Crippen molar-refractivity contribution in [1.29, 1.82) is 0 Å². The predicted octanol–water partition coefficient (Wildman–Crippen LogP) is 6.31. The third-order valence-electron chi connectivity index (χ3n) is 5.64. The fraction of sp³-hybridized carbons (Fsp3) is 1.00. The van der Waals surface area contributed by atoms with Crippen LogP contribution < -0.4 is 5.73 Å². The highest BCUT2D eigenvalue weighted by molar-refractivity contribution is 4.83. The van der Waals surface area contributed by atoms with Gasteiger partial charge in [-0.2, -0.15) is 0 Å². The van der Waals surface area contributed by atoms with Crippen molar-refractivity contribution >= 4 is 0 Å². The van der Waals surface area contributed by atoms with E-state index in [9.17, 15) is 0 Å². The van der Waals surface area contributed by atoms with E-state index >= 15 is 0 Å². The number of nitrogens with two attached hydrogens (primary N) is 1. The fourth-order valence-corrected chi connectivity index (χ4v) is 3.91. The van der Waals surface area contributed by atoms with E-state index in [4.69, 9.17) is 5.73 Å². The van der Waals surface area contributed by atoms with Gasteiger partial charge in [-0.05, 0) is 37.1 Å². The Morgan fingerprint density at radius 3 is 1.70 bits per heavy atom. The Hall–Kier alpha value is -0.0400. The SMILES string of the molecule is CCCCCCCCC(CCCN)C(CC)(CC)CC. The van der Waals surface area contributed by atoms with Crippen molar-refractivity contribution in [3.8, 4) is 0 Å². The molecule has 1 atom stereocenters. The monoisotopic (exact) mass is 283 g/mol. The summed E-state index contributed by atoms with van der Waals surface area (Å²) in [4.78, 5) is 0. The molecule has 122 valence electrons. The van der Waals surface area contributed by atoms with E-state index in [1.54, 1.807) is 0 Å². The van der Waals surface area contributed by atoms with Gasteiger partial charge in [0.15, 0.2) is 0 Å². The molecule has 0 saturated carbocycles. The maximum Gasteiger partial charge on any atom is -0.00772 e. The normalized spacial score (nSPS) is 13.7. The van der Waals surface area contributed by atoms with Crippen molar-refractivity contribution in [2.24, 2.45) is 17.1 Å². The molecule has 1 heteroatoms. The molecule has 0 aliphatic carbocycles. The Labute approximate surface area is 129 Å². The average molecular weight is 284 g/mol. The van der Waals surface area contributed by atoms with Crippen molar-refractivity contribution in [1.82, 2.24) is 0 Å². The summed E-state index contributed by atoms with van der Waals surface area (Å²) in [5, 5.41) is 0. The van der Waals surface area contributed by atoms with Crippen LogP contribution >= 0.6 is 0 Å². The van der Waals surface area contributed by atoms with Crippen molar-refractivity contribution in [2.45, 2.75) is 105 Å². The number of hydrogen-bond donors (Lipinski definition) is 1. The molecule has 0 bridgehead atoms. The lowest BCUT2D eigenvalue weighted by Crippen LogP contribution is -2.29. The summed E-state index contributed by atoms with van der Waals surface area (Å²) in [5.74, 6) is 0.900. The summed E-state index contributed by atoms with van der Waals surface area (Å²) in [5.41, 5.74) is 6.34. The fourth-order valence-electron chi connectivity index (χ4n) is 3.91. The van der Waals surface area contributed by atoms with E-state index in [2.05, 4.69) is 27.7 Å². The molecule has 0 fully saturated rings. The van der Waals surface area contributed by atoms with Crippen LogP contribution in [0.1, 0.15) is 105 Å². The van der Waals surface area contributed by atoms with Gasteiger partial charge in [-0.1, -0.05) is 85.5 Å². The maximum absolute atomic E-state index is 5.75. The van der Waals surface area contributed by atoms with Crippen LogP contribution in [0.4, 0.5) is 0 Å². The molecule has 0 heterocycles. The van der Waals surface area contributed by atoms with E-state index in [1.165, 1.54) is 77.0 Å². The lowest BCUT2D eigenvalue weighted by atomic mass is 9.66. The Bertz CT molecular complexity index is 188. The van der Waals surface area contributed by atoms with Crippen LogP contribution in [-0.4, -0.2) is 6.54 Å². The first kappa shape index (κ1) is 20.0. The largest absolute Gasteiger partial charge is 0.330 e. The molecule has 1 unspecified atom stereocenters. The molecular formula is C19H41N. The number of rotatable bonds is 14. The van der Waals surface area contributed by atoms with Crippen molar-refractivity contribution in [2.75, 3.05) is 6.54 Å². The first-order valence-electron chi connectivity index (χ1n) is 9.40. The molecular weight excluding hydrogens is 242 g/mol. The van der Waals surface area contributed by atoms with Gasteiger partial charge in [-0.15, -0.1) is 0 Å². The van der Waals surface area contributed by atoms with Gasteiger partial charge in [-0.25, -0.2) is 0 Å². The minimum Gasteiger partial charge on any atom is -0.330 e. The van der Waals surface area contributed by atoms with E-state index in [-0.39, 0.29) is 0 Å². The second-order valence-electron chi connectivity index (χ2n) is 6.61. The average Bonchev–Trinajstić information content (AvgIpc) is 2.49. The lowest BCUT2D eigenvalue weighted by Gasteiger charge is -2.39. The van der Waals surface area contributed by atoms with Gasteiger partial charge < -0.3 is 5.73 Å². The highest BCUT2D eigenvalue weighted by Crippen LogP contribution is 2.43. The minimum absolute atomic E-state index is 0.582. The van der Waals surface area contributed by atoms with Gasteiger partial charge in [-0.3, -0.25) is 0 Å². The van der Waals surface area contributed by atoms with Crippen LogP contribution in [-0.2, 0) is 0 Å². The van der Waals surface area contributed by atoms with Gasteiger partial charge in [0.25, 0.3) is 0 Å². The van der Waals surface area contributed by atoms with Gasteiger partial charge in [0.1, 0.15) is 0 Å². The molecule has 1 nitrogen and oxygen atoms in total. The minimum atomic E-state index is 0.582. The molecule has 0 amide bonds. The molecule has 2 N–H and O–H groups in total. The van der Waals surface area contributed by atoms with Gasteiger partial charge in [0.2, 0.25) is 0 Å². The second kappa shape index (κ2) is 12.7. The molecule has 0 aliphatic heterocycles. The van der Waals surface area contributed by atoms with Crippen LogP contribution in [0.3, 0.4) is 0 Å². The Morgan fingerprint density at radius 2 is 1.20 bits per heavy atom. The van der Waals surface area contributed by atoms with Crippen molar-refractivity contribution in [3.63, 3.8) is 0 Å². The molecule has 0 aromatic rings. The highest BCUT2D eigenvalue weighted by Gasteiger charge is 2.32.